The van der Waals surface area contributed by atoms with Gasteiger partial charge in [-0.1, -0.05) is 18.2 Å². The lowest BCUT2D eigenvalue weighted by Gasteiger charge is -2.47. The van der Waals surface area contributed by atoms with Crippen LogP contribution < -0.4 is 0 Å². The fourth-order valence-corrected chi connectivity index (χ4v) is 8.58. The Morgan fingerprint density at radius 1 is 1.24 bits per heavy atom. The minimum absolute atomic E-state index is 0.0503. The molecule has 4 heterocycles. The predicted molar refractivity (Wildman–Crippen MR) is 122 cm³/mol. The van der Waals surface area contributed by atoms with Crippen LogP contribution in [0.2, 0.25) is 0 Å². The van der Waals surface area contributed by atoms with E-state index in [4.69, 9.17) is 4.74 Å². The van der Waals surface area contributed by atoms with Crippen molar-refractivity contribution in [3.05, 3.63) is 35.5 Å². The van der Waals surface area contributed by atoms with Crippen LogP contribution in [0, 0.1) is 11.8 Å². The summed E-state index contributed by atoms with van der Waals surface area (Å²) in [5.41, 5.74) is 4.22. The minimum Gasteiger partial charge on any atom is -0.469 e. The number of carbonyl (C=O) groups is 1. The largest absolute Gasteiger partial charge is 0.469 e. The Morgan fingerprint density at radius 2 is 2.07 bits per heavy atom. The molecule has 0 aliphatic carbocycles. The van der Waals surface area contributed by atoms with Gasteiger partial charge in [0.15, 0.2) is 0 Å². The molecule has 1 aromatic heterocycles. The highest BCUT2D eigenvalue weighted by Crippen LogP contribution is 2.47. The third-order valence-corrected chi connectivity index (χ3v) is 9.97. The number of hydrogen-bond acceptors (Lipinski definition) is 5. The standard InChI is InChI=1S/C23H30N2O2S2/c1-27-21(26)12-16-14-25-8-7-18-17-5-2-3-6-19(17)24-23(18)20(25)11-15(16)13-22-28-9-4-10-29-22/h2-3,5-6,15-16,20,22,24H,4,7-14H2,1H3/t15-,16+,20-/m1/s1. The molecule has 0 bridgehead atoms. The van der Waals surface area contributed by atoms with Crippen LogP contribution >= 0.6 is 23.5 Å². The first kappa shape index (κ1) is 19.8. The highest BCUT2D eigenvalue weighted by molar-refractivity contribution is 8.17. The Bertz CT molecular complexity index is 877. The Hall–Kier alpha value is -1.11. The van der Waals surface area contributed by atoms with Crippen LogP contribution in [0.4, 0.5) is 0 Å². The molecule has 3 aliphatic rings. The number of thioether (sulfide) groups is 2. The molecule has 0 unspecified atom stereocenters. The van der Waals surface area contributed by atoms with Gasteiger partial charge in [0.25, 0.3) is 0 Å². The fraction of sp³-hybridized carbons (Fsp3) is 0.609. The summed E-state index contributed by atoms with van der Waals surface area (Å²) in [5, 5.41) is 1.40. The first-order valence-corrected chi connectivity index (χ1v) is 13.0. The van der Waals surface area contributed by atoms with Gasteiger partial charge in [0, 0.05) is 36.1 Å². The van der Waals surface area contributed by atoms with Crippen molar-refractivity contribution < 1.29 is 9.53 Å². The number of ether oxygens (including phenoxy) is 1. The number of methoxy groups -OCH3 is 1. The summed E-state index contributed by atoms with van der Waals surface area (Å²) in [6.45, 7) is 2.11. The summed E-state index contributed by atoms with van der Waals surface area (Å²) in [4.78, 5) is 18.5. The van der Waals surface area contributed by atoms with Crippen LogP contribution in [-0.2, 0) is 16.0 Å². The number of H-pyrrole nitrogens is 1. The summed E-state index contributed by atoms with van der Waals surface area (Å²) in [6.07, 6.45) is 5.36. The van der Waals surface area contributed by atoms with Gasteiger partial charge in [-0.15, -0.1) is 23.5 Å². The van der Waals surface area contributed by atoms with Gasteiger partial charge in [-0.3, -0.25) is 9.69 Å². The van der Waals surface area contributed by atoms with Crippen molar-refractivity contribution in [3.63, 3.8) is 0 Å². The van der Waals surface area contributed by atoms with Crippen LogP contribution in [-0.4, -0.2) is 52.1 Å². The van der Waals surface area contributed by atoms with E-state index in [1.165, 1.54) is 53.6 Å². The Labute approximate surface area is 181 Å². The zero-order valence-electron chi connectivity index (χ0n) is 17.1. The van der Waals surface area contributed by atoms with E-state index in [-0.39, 0.29) is 5.97 Å². The number of carbonyl (C=O) groups excluding carboxylic acids is 1. The second-order valence-electron chi connectivity index (χ2n) is 8.62. The molecule has 2 saturated heterocycles. The summed E-state index contributed by atoms with van der Waals surface area (Å²) in [7, 11) is 1.52. The quantitative estimate of drug-likeness (QED) is 0.703. The molecule has 4 nitrogen and oxygen atoms in total. The molecule has 156 valence electrons. The maximum atomic E-state index is 12.1. The molecule has 0 saturated carbocycles. The first-order valence-electron chi connectivity index (χ1n) is 10.9. The first-order chi connectivity index (χ1) is 14.2. The summed E-state index contributed by atoms with van der Waals surface area (Å²) in [5.74, 6) is 3.51. The molecule has 3 aliphatic heterocycles. The normalized spacial score (nSPS) is 28.1. The summed E-state index contributed by atoms with van der Waals surface area (Å²) < 4.78 is 5.74. The SMILES string of the molecule is COC(=O)C[C@H]1CN2CCc3c([nH]c4ccccc34)[C@H]2C[C@@H]1CC1SCCCS1. The van der Waals surface area contributed by atoms with Crippen molar-refractivity contribution in [2.45, 2.75) is 42.7 Å². The van der Waals surface area contributed by atoms with Crippen molar-refractivity contribution in [1.82, 2.24) is 9.88 Å². The number of nitrogens with zero attached hydrogens (tertiary/aromatic N) is 1. The number of hydrogen-bond donors (Lipinski definition) is 1. The maximum Gasteiger partial charge on any atom is 0.305 e. The lowest BCUT2D eigenvalue weighted by molar-refractivity contribution is -0.143. The molecule has 2 fully saturated rings. The molecule has 5 rings (SSSR count). The van der Waals surface area contributed by atoms with Crippen LogP contribution in [0.1, 0.15) is 43.0 Å². The van der Waals surface area contributed by atoms with Gasteiger partial charge < -0.3 is 9.72 Å². The van der Waals surface area contributed by atoms with Crippen molar-refractivity contribution in [2.75, 3.05) is 31.7 Å². The average molecular weight is 431 g/mol. The van der Waals surface area contributed by atoms with Crippen molar-refractivity contribution in [2.24, 2.45) is 11.8 Å². The van der Waals surface area contributed by atoms with E-state index in [0.717, 1.165) is 25.9 Å². The average Bonchev–Trinajstić information content (AvgIpc) is 3.14. The Kier molecular flexibility index (Phi) is 5.85. The molecule has 1 N–H and O–H groups in total. The second kappa shape index (κ2) is 8.56. The van der Waals surface area contributed by atoms with E-state index < -0.39 is 0 Å². The van der Waals surface area contributed by atoms with Crippen LogP contribution in [0.3, 0.4) is 0 Å². The van der Waals surface area contributed by atoms with Gasteiger partial charge in [0.1, 0.15) is 0 Å². The number of para-hydroxylation sites is 1. The monoisotopic (exact) mass is 430 g/mol. The van der Waals surface area contributed by atoms with E-state index in [2.05, 4.69) is 57.7 Å². The minimum atomic E-state index is -0.0503. The fourth-order valence-electron chi connectivity index (χ4n) is 5.52. The molecule has 29 heavy (non-hydrogen) atoms. The second-order valence-corrected chi connectivity index (χ2v) is 11.5. The van der Waals surface area contributed by atoms with Crippen molar-refractivity contribution >= 4 is 40.4 Å². The number of piperidine rings is 1. The van der Waals surface area contributed by atoms with Crippen molar-refractivity contribution in [3.8, 4) is 0 Å². The highest BCUT2D eigenvalue weighted by atomic mass is 32.2. The smallest absolute Gasteiger partial charge is 0.305 e. The number of rotatable bonds is 4. The van der Waals surface area contributed by atoms with E-state index in [1.54, 1.807) is 0 Å². The molecule has 0 radical (unpaired) electrons. The molecular weight excluding hydrogens is 400 g/mol. The highest BCUT2D eigenvalue weighted by Gasteiger charge is 2.41. The lowest BCUT2D eigenvalue weighted by Crippen LogP contribution is -2.47. The molecular formula is C23H30N2O2S2. The predicted octanol–water partition coefficient (Wildman–Crippen LogP) is 4.85. The number of fused-ring (bicyclic) bond motifs is 5. The van der Waals surface area contributed by atoms with E-state index in [0.29, 0.717) is 28.9 Å². The third-order valence-electron chi connectivity index (χ3n) is 6.98. The van der Waals surface area contributed by atoms with Gasteiger partial charge in [-0.2, -0.15) is 0 Å². The molecule has 3 atom stereocenters. The van der Waals surface area contributed by atoms with Crippen LogP contribution in [0.25, 0.3) is 10.9 Å². The van der Waals surface area contributed by atoms with Gasteiger partial charge in [0.05, 0.1) is 17.7 Å². The zero-order chi connectivity index (χ0) is 19.8. The van der Waals surface area contributed by atoms with Crippen LogP contribution in [0.15, 0.2) is 24.3 Å². The topological polar surface area (TPSA) is 45.3 Å². The van der Waals surface area contributed by atoms with E-state index in [9.17, 15) is 4.79 Å². The number of benzene rings is 1. The number of esters is 1. The van der Waals surface area contributed by atoms with Gasteiger partial charge in [-0.25, -0.2) is 0 Å². The van der Waals surface area contributed by atoms with E-state index >= 15 is 0 Å². The third kappa shape index (κ3) is 3.96. The Balaban J connectivity index is 1.42. The van der Waals surface area contributed by atoms with Crippen LogP contribution in [0.5, 0.6) is 0 Å². The summed E-state index contributed by atoms with van der Waals surface area (Å²) >= 11 is 4.26. The number of aromatic amines is 1. The lowest BCUT2D eigenvalue weighted by atomic mass is 9.76. The van der Waals surface area contributed by atoms with Gasteiger partial charge in [-0.05, 0) is 60.7 Å². The maximum absolute atomic E-state index is 12.1. The summed E-state index contributed by atoms with van der Waals surface area (Å²) in [6, 6.07) is 9.19. The van der Waals surface area contributed by atoms with Gasteiger partial charge >= 0.3 is 5.97 Å². The molecule has 0 amide bonds. The molecule has 0 spiro atoms. The number of nitrogens with one attached hydrogen (secondary N) is 1. The number of aromatic nitrogens is 1. The molecule has 6 heteroatoms. The van der Waals surface area contributed by atoms with Crippen molar-refractivity contribution in [1.29, 1.82) is 0 Å². The zero-order valence-corrected chi connectivity index (χ0v) is 18.7. The molecule has 2 aromatic rings. The van der Waals surface area contributed by atoms with Gasteiger partial charge in [0.2, 0.25) is 0 Å². The Morgan fingerprint density at radius 3 is 2.90 bits per heavy atom. The molecule has 1 aromatic carbocycles. The van der Waals surface area contributed by atoms with E-state index in [1.807, 2.05) is 0 Å².